The lowest BCUT2D eigenvalue weighted by Crippen LogP contribution is -2.43. The zero-order valence-electron chi connectivity index (χ0n) is 17.4. The van der Waals surface area contributed by atoms with Gasteiger partial charge >= 0.3 is 0 Å². The summed E-state index contributed by atoms with van der Waals surface area (Å²) in [7, 11) is 1.88. The van der Waals surface area contributed by atoms with E-state index in [0.29, 0.717) is 29.5 Å². The average Bonchev–Trinajstić information content (AvgIpc) is 3.30. The Kier molecular flexibility index (Phi) is 6.99. The third kappa shape index (κ3) is 5.07. The fraction of sp³-hybridized carbons (Fsp3) is 0.696. The number of ether oxygens (including phenoxy) is 2. The van der Waals surface area contributed by atoms with Gasteiger partial charge in [0.25, 0.3) is 5.91 Å². The average molecular weight is 421 g/mol. The van der Waals surface area contributed by atoms with E-state index < -0.39 is 0 Å². The summed E-state index contributed by atoms with van der Waals surface area (Å²) in [5.74, 6) is 0.649. The number of carbonyl (C=O) groups is 1. The SMILES string of the molecule is CN(C(=O)c1cc(Cl)ccc1OC1CCN(C2CCCC2)CC1)C1CCOCC1. The summed E-state index contributed by atoms with van der Waals surface area (Å²) in [6, 6.07) is 6.41. The maximum Gasteiger partial charge on any atom is 0.257 e. The molecule has 2 saturated heterocycles. The summed E-state index contributed by atoms with van der Waals surface area (Å²) in [4.78, 5) is 17.7. The highest BCUT2D eigenvalue weighted by molar-refractivity contribution is 6.31. The van der Waals surface area contributed by atoms with Crippen molar-refractivity contribution in [3.8, 4) is 5.75 Å². The van der Waals surface area contributed by atoms with Crippen LogP contribution in [-0.2, 0) is 4.74 Å². The highest BCUT2D eigenvalue weighted by atomic mass is 35.5. The Hall–Kier alpha value is -1.30. The van der Waals surface area contributed by atoms with Gasteiger partial charge in [-0.3, -0.25) is 4.79 Å². The molecule has 0 bridgehead atoms. The number of piperidine rings is 1. The second-order valence-corrected chi connectivity index (χ2v) is 9.13. The number of hydrogen-bond donors (Lipinski definition) is 0. The second-order valence-electron chi connectivity index (χ2n) is 8.69. The first-order chi connectivity index (χ1) is 14.1. The minimum Gasteiger partial charge on any atom is -0.489 e. The van der Waals surface area contributed by atoms with Gasteiger partial charge in [-0.1, -0.05) is 24.4 Å². The van der Waals surface area contributed by atoms with E-state index >= 15 is 0 Å². The molecule has 2 aliphatic heterocycles. The van der Waals surface area contributed by atoms with Crippen LogP contribution in [-0.4, -0.2) is 67.2 Å². The lowest BCUT2D eigenvalue weighted by atomic mass is 10.0. The van der Waals surface area contributed by atoms with E-state index in [0.717, 1.165) is 44.8 Å². The largest absolute Gasteiger partial charge is 0.489 e. The van der Waals surface area contributed by atoms with Crippen LogP contribution < -0.4 is 4.74 Å². The van der Waals surface area contributed by atoms with Crippen LogP contribution in [0.1, 0.15) is 61.7 Å². The predicted molar refractivity (Wildman–Crippen MR) is 115 cm³/mol. The number of carbonyl (C=O) groups excluding carboxylic acids is 1. The van der Waals surface area contributed by atoms with Crippen molar-refractivity contribution in [1.29, 1.82) is 0 Å². The van der Waals surface area contributed by atoms with Crippen LogP contribution in [0.3, 0.4) is 0 Å². The lowest BCUT2D eigenvalue weighted by Gasteiger charge is -2.36. The third-order valence-electron chi connectivity index (χ3n) is 6.84. The van der Waals surface area contributed by atoms with Crippen LogP contribution in [0, 0.1) is 0 Å². The van der Waals surface area contributed by atoms with E-state index in [1.165, 1.54) is 25.7 Å². The van der Waals surface area contributed by atoms with Gasteiger partial charge in [0.1, 0.15) is 11.9 Å². The summed E-state index contributed by atoms with van der Waals surface area (Å²) < 4.78 is 11.8. The zero-order valence-corrected chi connectivity index (χ0v) is 18.2. The lowest BCUT2D eigenvalue weighted by molar-refractivity contribution is 0.0355. The number of benzene rings is 1. The fourth-order valence-electron chi connectivity index (χ4n) is 5.01. The molecule has 2 heterocycles. The Bertz CT molecular complexity index is 693. The quantitative estimate of drug-likeness (QED) is 0.709. The summed E-state index contributed by atoms with van der Waals surface area (Å²) in [5.41, 5.74) is 0.574. The number of amides is 1. The zero-order chi connectivity index (χ0) is 20.2. The molecule has 1 amide bonds. The van der Waals surface area contributed by atoms with Crippen LogP contribution in [0.5, 0.6) is 5.75 Å². The van der Waals surface area contributed by atoms with E-state index in [4.69, 9.17) is 21.1 Å². The Labute approximate surface area is 179 Å². The Balaban J connectivity index is 1.41. The van der Waals surface area contributed by atoms with Gasteiger partial charge in [0, 0.05) is 50.5 Å². The van der Waals surface area contributed by atoms with Gasteiger partial charge in [-0.15, -0.1) is 0 Å². The molecule has 0 aromatic heterocycles. The number of halogens is 1. The van der Waals surface area contributed by atoms with Crippen LogP contribution in [0.2, 0.25) is 5.02 Å². The molecule has 5 nitrogen and oxygen atoms in total. The topological polar surface area (TPSA) is 42.0 Å². The molecule has 1 aliphatic carbocycles. The molecule has 1 aromatic rings. The van der Waals surface area contributed by atoms with Crippen molar-refractivity contribution in [2.75, 3.05) is 33.4 Å². The van der Waals surface area contributed by atoms with Gasteiger partial charge in [-0.25, -0.2) is 0 Å². The van der Waals surface area contributed by atoms with Gasteiger partial charge in [0.15, 0.2) is 0 Å². The molecule has 0 spiro atoms. The number of likely N-dealkylation sites (tertiary alicyclic amines) is 1. The molecule has 0 radical (unpaired) electrons. The molecule has 3 fully saturated rings. The Morgan fingerprint density at radius 2 is 1.79 bits per heavy atom. The first kappa shape index (κ1) is 21.0. The Morgan fingerprint density at radius 3 is 2.48 bits per heavy atom. The van der Waals surface area contributed by atoms with Crippen LogP contribution in [0.4, 0.5) is 0 Å². The molecule has 0 atom stereocenters. The predicted octanol–water partition coefficient (Wildman–Crippen LogP) is 4.38. The maximum atomic E-state index is 13.2. The first-order valence-corrected chi connectivity index (χ1v) is 11.5. The fourth-order valence-corrected chi connectivity index (χ4v) is 5.18. The second kappa shape index (κ2) is 9.67. The van der Waals surface area contributed by atoms with Crippen molar-refractivity contribution >= 4 is 17.5 Å². The van der Waals surface area contributed by atoms with Crippen molar-refractivity contribution in [2.24, 2.45) is 0 Å². The van der Waals surface area contributed by atoms with Crippen molar-refractivity contribution in [3.63, 3.8) is 0 Å². The Morgan fingerprint density at radius 1 is 1.10 bits per heavy atom. The monoisotopic (exact) mass is 420 g/mol. The highest BCUT2D eigenvalue weighted by Gasteiger charge is 2.30. The van der Waals surface area contributed by atoms with Crippen LogP contribution in [0.15, 0.2) is 18.2 Å². The van der Waals surface area contributed by atoms with Crippen molar-refractivity contribution in [3.05, 3.63) is 28.8 Å². The summed E-state index contributed by atoms with van der Waals surface area (Å²) in [6.45, 7) is 3.60. The first-order valence-electron chi connectivity index (χ1n) is 11.2. The molecule has 6 heteroatoms. The van der Waals surface area contributed by atoms with Gasteiger partial charge in [-0.2, -0.15) is 0 Å². The maximum absolute atomic E-state index is 13.2. The van der Waals surface area contributed by atoms with Crippen molar-refractivity contribution < 1.29 is 14.3 Å². The van der Waals surface area contributed by atoms with E-state index in [-0.39, 0.29) is 18.1 Å². The molecule has 29 heavy (non-hydrogen) atoms. The molecule has 4 rings (SSSR count). The van der Waals surface area contributed by atoms with Gasteiger partial charge in [0.05, 0.1) is 5.56 Å². The minimum atomic E-state index is -0.0159. The summed E-state index contributed by atoms with van der Waals surface area (Å²) in [5, 5.41) is 0.567. The molecule has 3 aliphatic rings. The van der Waals surface area contributed by atoms with Crippen molar-refractivity contribution in [2.45, 2.75) is 69.6 Å². The van der Waals surface area contributed by atoms with E-state index in [2.05, 4.69) is 4.90 Å². The van der Waals surface area contributed by atoms with Crippen molar-refractivity contribution in [1.82, 2.24) is 9.80 Å². The minimum absolute atomic E-state index is 0.0159. The third-order valence-corrected chi connectivity index (χ3v) is 7.08. The number of nitrogens with zero attached hydrogens (tertiary/aromatic N) is 2. The molecule has 0 unspecified atom stereocenters. The van der Waals surface area contributed by atoms with Crippen LogP contribution in [0.25, 0.3) is 0 Å². The summed E-state index contributed by atoms with van der Waals surface area (Å²) >= 11 is 6.23. The van der Waals surface area contributed by atoms with Gasteiger partial charge in [0.2, 0.25) is 0 Å². The number of rotatable bonds is 5. The molecule has 1 aromatic carbocycles. The highest BCUT2D eigenvalue weighted by Crippen LogP contribution is 2.30. The summed E-state index contributed by atoms with van der Waals surface area (Å²) in [6.07, 6.45) is 9.38. The van der Waals surface area contributed by atoms with E-state index in [9.17, 15) is 4.79 Å². The molecular weight excluding hydrogens is 388 g/mol. The van der Waals surface area contributed by atoms with Crippen LogP contribution >= 0.6 is 11.6 Å². The molecule has 160 valence electrons. The molecule has 0 N–H and O–H groups in total. The normalized spacial score (nSPS) is 22.7. The van der Waals surface area contributed by atoms with Gasteiger partial charge in [-0.05, 0) is 56.7 Å². The smallest absolute Gasteiger partial charge is 0.257 e. The number of hydrogen-bond acceptors (Lipinski definition) is 4. The molecule has 1 saturated carbocycles. The van der Waals surface area contributed by atoms with Gasteiger partial charge < -0.3 is 19.3 Å². The standard InChI is InChI=1S/C23H33ClN2O3/c1-25(18-10-14-28-15-11-18)23(27)21-16-17(24)6-7-22(21)29-20-8-12-26(13-9-20)19-4-2-3-5-19/h6-7,16,18-20H,2-5,8-15H2,1H3. The van der Waals surface area contributed by atoms with E-state index in [1.807, 2.05) is 24.1 Å². The van der Waals surface area contributed by atoms with E-state index in [1.54, 1.807) is 6.07 Å². The molecular formula is C23H33ClN2O3.